The highest BCUT2D eigenvalue weighted by Crippen LogP contribution is 2.19. The van der Waals surface area contributed by atoms with E-state index in [2.05, 4.69) is 10.3 Å². The Kier molecular flexibility index (Phi) is 4.32. The summed E-state index contributed by atoms with van der Waals surface area (Å²) < 4.78 is 0. The second kappa shape index (κ2) is 6.16. The summed E-state index contributed by atoms with van der Waals surface area (Å²) in [6.45, 7) is 0. The van der Waals surface area contributed by atoms with Crippen molar-refractivity contribution in [3.05, 3.63) is 58.9 Å². The molecular weight excluding hydrogens is 280 g/mol. The highest BCUT2D eigenvalue weighted by atomic mass is 35.5. The molecule has 1 heterocycles. The highest BCUT2D eigenvalue weighted by molar-refractivity contribution is 6.34. The average Bonchev–Trinajstić information content (AvgIpc) is 2.41. The van der Waals surface area contributed by atoms with Crippen LogP contribution in [-0.4, -0.2) is 22.0 Å². The first-order chi connectivity index (χ1) is 9.58. The molecule has 0 saturated heterocycles. The van der Waals surface area contributed by atoms with Gasteiger partial charge in [0.1, 0.15) is 0 Å². The molecule has 0 saturated carbocycles. The number of halogens is 1. The number of rotatable bonds is 4. The molecule has 0 spiro atoms. The van der Waals surface area contributed by atoms with Gasteiger partial charge in [-0.3, -0.25) is 14.6 Å². The number of nitrogens with one attached hydrogen (secondary N) is 1. The Balaban J connectivity index is 2.24. The minimum absolute atomic E-state index is 0.166. The van der Waals surface area contributed by atoms with Gasteiger partial charge in [0.25, 0.3) is 5.91 Å². The third-order valence-electron chi connectivity index (χ3n) is 2.62. The van der Waals surface area contributed by atoms with Gasteiger partial charge in [-0.2, -0.15) is 0 Å². The fraction of sp³-hybridized carbons (Fsp3) is 0.0714. The lowest BCUT2D eigenvalue weighted by atomic mass is 10.1. The van der Waals surface area contributed by atoms with Crippen molar-refractivity contribution in [2.75, 3.05) is 5.32 Å². The van der Waals surface area contributed by atoms with E-state index in [0.717, 1.165) is 0 Å². The van der Waals surface area contributed by atoms with Gasteiger partial charge < -0.3 is 10.4 Å². The number of aliphatic carboxylic acids is 1. The molecule has 0 aliphatic carbocycles. The molecule has 0 bridgehead atoms. The highest BCUT2D eigenvalue weighted by Gasteiger charge is 2.13. The van der Waals surface area contributed by atoms with Crippen LogP contribution in [0.25, 0.3) is 0 Å². The molecule has 2 N–H and O–H groups in total. The van der Waals surface area contributed by atoms with Crippen LogP contribution in [-0.2, 0) is 11.2 Å². The van der Waals surface area contributed by atoms with Crippen LogP contribution in [0.1, 0.15) is 15.9 Å². The Labute approximate surface area is 120 Å². The van der Waals surface area contributed by atoms with E-state index in [-0.39, 0.29) is 17.0 Å². The van der Waals surface area contributed by atoms with Crippen molar-refractivity contribution in [2.45, 2.75) is 6.42 Å². The number of anilines is 1. The maximum atomic E-state index is 12.1. The quantitative estimate of drug-likeness (QED) is 0.907. The standard InChI is InChI=1S/C14H11ClN2O3/c15-11-8-16-6-5-10(11)14(20)17-12-4-2-1-3-9(12)7-13(18)19/h1-6,8H,7H2,(H,17,20)(H,18,19). The largest absolute Gasteiger partial charge is 0.481 e. The first-order valence-electron chi connectivity index (χ1n) is 5.78. The minimum atomic E-state index is -0.964. The van der Waals surface area contributed by atoms with Gasteiger partial charge in [-0.25, -0.2) is 0 Å². The fourth-order valence-electron chi connectivity index (χ4n) is 1.71. The smallest absolute Gasteiger partial charge is 0.307 e. The van der Waals surface area contributed by atoms with E-state index in [4.69, 9.17) is 16.7 Å². The zero-order valence-electron chi connectivity index (χ0n) is 10.3. The first kappa shape index (κ1) is 14.0. The maximum absolute atomic E-state index is 12.1. The lowest BCUT2D eigenvalue weighted by Gasteiger charge is -2.10. The zero-order valence-corrected chi connectivity index (χ0v) is 11.1. The molecule has 0 atom stereocenters. The topological polar surface area (TPSA) is 79.3 Å². The predicted molar refractivity (Wildman–Crippen MR) is 75.0 cm³/mol. The van der Waals surface area contributed by atoms with Crippen molar-refractivity contribution in [1.82, 2.24) is 4.98 Å². The molecule has 6 heteroatoms. The van der Waals surface area contributed by atoms with Gasteiger partial charge in [0.15, 0.2) is 0 Å². The number of benzene rings is 1. The summed E-state index contributed by atoms with van der Waals surface area (Å²) in [6.07, 6.45) is 2.67. The molecule has 2 rings (SSSR count). The van der Waals surface area contributed by atoms with Crippen molar-refractivity contribution >= 4 is 29.2 Å². The van der Waals surface area contributed by atoms with Crippen molar-refractivity contribution in [2.24, 2.45) is 0 Å². The van der Waals surface area contributed by atoms with Crippen molar-refractivity contribution in [3.63, 3.8) is 0 Å². The van der Waals surface area contributed by atoms with Crippen LogP contribution in [0, 0.1) is 0 Å². The molecule has 1 aromatic carbocycles. The van der Waals surface area contributed by atoms with Crippen LogP contribution < -0.4 is 5.32 Å². The van der Waals surface area contributed by atoms with Crippen LogP contribution in [0.4, 0.5) is 5.69 Å². The van der Waals surface area contributed by atoms with Gasteiger partial charge in [0, 0.05) is 18.1 Å². The molecule has 20 heavy (non-hydrogen) atoms. The van der Waals surface area contributed by atoms with Gasteiger partial charge in [-0.15, -0.1) is 0 Å². The Bertz CT molecular complexity index is 658. The Morgan fingerprint density at radius 3 is 2.70 bits per heavy atom. The van der Waals surface area contributed by atoms with E-state index < -0.39 is 11.9 Å². The monoisotopic (exact) mass is 290 g/mol. The number of pyridine rings is 1. The van der Waals surface area contributed by atoms with Crippen molar-refractivity contribution in [1.29, 1.82) is 0 Å². The summed E-state index contributed by atoms with van der Waals surface area (Å²) in [6, 6.07) is 8.23. The van der Waals surface area contributed by atoms with E-state index in [1.165, 1.54) is 18.5 Å². The molecule has 1 amide bonds. The third-order valence-corrected chi connectivity index (χ3v) is 2.93. The molecular formula is C14H11ClN2O3. The van der Waals surface area contributed by atoms with Gasteiger partial charge in [0.2, 0.25) is 0 Å². The van der Waals surface area contributed by atoms with Crippen LogP contribution in [0.5, 0.6) is 0 Å². The third kappa shape index (κ3) is 3.33. The maximum Gasteiger partial charge on any atom is 0.307 e. The molecule has 0 unspecified atom stereocenters. The van der Waals surface area contributed by atoms with Crippen LogP contribution in [0.15, 0.2) is 42.7 Å². The van der Waals surface area contributed by atoms with E-state index in [0.29, 0.717) is 11.3 Å². The van der Waals surface area contributed by atoms with Gasteiger partial charge >= 0.3 is 5.97 Å². The Morgan fingerprint density at radius 2 is 2.00 bits per heavy atom. The minimum Gasteiger partial charge on any atom is -0.481 e. The second-order valence-electron chi connectivity index (χ2n) is 4.04. The summed E-state index contributed by atoms with van der Waals surface area (Å²) in [5.74, 6) is -1.37. The number of hydrogen-bond acceptors (Lipinski definition) is 3. The van der Waals surface area contributed by atoms with Crippen molar-refractivity contribution < 1.29 is 14.7 Å². The molecule has 0 aliphatic heterocycles. The molecule has 0 radical (unpaired) electrons. The van der Waals surface area contributed by atoms with Crippen LogP contribution in [0.2, 0.25) is 5.02 Å². The summed E-state index contributed by atoms with van der Waals surface area (Å²) in [5.41, 5.74) is 1.26. The molecule has 1 aromatic heterocycles. The summed E-state index contributed by atoms with van der Waals surface area (Å²) >= 11 is 5.89. The number of aromatic nitrogens is 1. The Morgan fingerprint density at radius 1 is 1.25 bits per heavy atom. The van der Waals surface area contributed by atoms with E-state index in [1.807, 2.05) is 0 Å². The lowest BCUT2D eigenvalue weighted by Crippen LogP contribution is -2.15. The number of carbonyl (C=O) groups excluding carboxylic acids is 1. The average molecular weight is 291 g/mol. The Hall–Kier alpha value is -2.40. The molecule has 5 nitrogen and oxygen atoms in total. The number of para-hydroxylation sites is 1. The predicted octanol–water partition coefficient (Wildman–Crippen LogP) is 2.61. The van der Waals surface area contributed by atoms with Gasteiger partial charge in [0.05, 0.1) is 17.0 Å². The normalized spacial score (nSPS) is 10.1. The van der Waals surface area contributed by atoms with E-state index in [1.54, 1.807) is 24.3 Å². The van der Waals surface area contributed by atoms with Crippen LogP contribution >= 0.6 is 11.6 Å². The number of nitrogens with zero attached hydrogens (tertiary/aromatic N) is 1. The zero-order chi connectivity index (χ0) is 14.5. The number of carboxylic acids is 1. The summed E-state index contributed by atoms with van der Waals surface area (Å²) in [4.78, 5) is 26.7. The number of amides is 1. The lowest BCUT2D eigenvalue weighted by molar-refractivity contribution is -0.136. The number of hydrogen-bond donors (Lipinski definition) is 2. The molecule has 0 fully saturated rings. The number of carbonyl (C=O) groups is 2. The first-order valence-corrected chi connectivity index (χ1v) is 6.16. The summed E-state index contributed by atoms with van der Waals surface area (Å²) in [7, 11) is 0. The molecule has 0 aliphatic rings. The second-order valence-corrected chi connectivity index (χ2v) is 4.44. The van der Waals surface area contributed by atoms with E-state index in [9.17, 15) is 9.59 Å². The van der Waals surface area contributed by atoms with Gasteiger partial charge in [-0.1, -0.05) is 29.8 Å². The van der Waals surface area contributed by atoms with Gasteiger partial charge in [-0.05, 0) is 17.7 Å². The molecule has 102 valence electrons. The SMILES string of the molecule is O=C(O)Cc1ccccc1NC(=O)c1ccncc1Cl. The van der Waals surface area contributed by atoms with E-state index >= 15 is 0 Å². The molecule has 2 aromatic rings. The van der Waals surface area contributed by atoms with Crippen molar-refractivity contribution in [3.8, 4) is 0 Å². The number of carboxylic acid groups (broad SMARTS) is 1. The summed E-state index contributed by atoms with van der Waals surface area (Å²) in [5, 5.41) is 11.7. The van der Waals surface area contributed by atoms with Crippen LogP contribution in [0.3, 0.4) is 0 Å². The fourth-order valence-corrected chi connectivity index (χ4v) is 1.91.